The molecular weight excluding hydrogens is 378 g/mol. The number of nitrogens with zero attached hydrogens (tertiary/aromatic N) is 5. The Balaban J connectivity index is 1.17. The number of fused-ring (bicyclic) bond motifs is 2. The van der Waals surface area contributed by atoms with E-state index in [1.54, 1.807) is 0 Å². The summed E-state index contributed by atoms with van der Waals surface area (Å²) in [5.41, 5.74) is 5.96. The standard InChI is InChI=1S/C23H23N5O2/c24-14-17-1-3-19-13-20(5-4-18(19)11-17)28-10-9-27(15-23(28)29)8-7-16-2-6-21-22(12-16)26-30-25-21/h1-3,6,11-12,20H,4-5,7-10,13,15H2. The molecule has 2 aliphatic rings. The number of benzene rings is 2. The third-order valence-corrected chi connectivity index (χ3v) is 6.35. The van der Waals surface area contributed by atoms with Gasteiger partial charge >= 0.3 is 0 Å². The lowest BCUT2D eigenvalue weighted by atomic mass is 9.86. The van der Waals surface area contributed by atoms with Crippen LogP contribution >= 0.6 is 0 Å². The van der Waals surface area contributed by atoms with Gasteiger partial charge in [0, 0.05) is 25.7 Å². The summed E-state index contributed by atoms with van der Waals surface area (Å²) < 4.78 is 4.76. The van der Waals surface area contributed by atoms with Crippen LogP contribution < -0.4 is 0 Å². The van der Waals surface area contributed by atoms with E-state index in [0.29, 0.717) is 6.54 Å². The van der Waals surface area contributed by atoms with Gasteiger partial charge in [-0.05, 0) is 77.0 Å². The van der Waals surface area contributed by atoms with Crippen LogP contribution in [-0.2, 0) is 24.1 Å². The topological polar surface area (TPSA) is 86.3 Å². The Morgan fingerprint density at radius 2 is 2.00 bits per heavy atom. The van der Waals surface area contributed by atoms with Crippen LogP contribution in [0.4, 0.5) is 0 Å². The molecule has 1 aromatic heterocycles. The normalized spacial score (nSPS) is 19.6. The molecule has 7 nitrogen and oxygen atoms in total. The summed E-state index contributed by atoms with van der Waals surface area (Å²) in [6.07, 6.45) is 3.66. The van der Waals surface area contributed by atoms with Crippen LogP contribution in [0.15, 0.2) is 41.0 Å². The van der Waals surface area contributed by atoms with Gasteiger partial charge in [-0.3, -0.25) is 9.69 Å². The fraction of sp³-hybridized carbons (Fsp3) is 0.391. The molecule has 2 aromatic carbocycles. The molecule has 3 aromatic rings. The van der Waals surface area contributed by atoms with Gasteiger partial charge in [0.1, 0.15) is 11.0 Å². The number of hydrogen-bond donors (Lipinski definition) is 0. The first-order chi connectivity index (χ1) is 14.7. The van der Waals surface area contributed by atoms with E-state index in [9.17, 15) is 4.79 Å². The number of carbonyl (C=O) groups excluding carboxylic acids is 1. The van der Waals surface area contributed by atoms with E-state index >= 15 is 0 Å². The maximum absolute atomic E-state index is 12.9. The molecular formula is C23H23N5O2. The van der Waals surface area contributed by atoms with Crippen LogP contribution in [0.25, 0.3) is 11.0 Å². The molecule has 1 saturated heterocycles. The second-order valence-corrected chi connectivity index (χ2v) is 8.19. The average Bonchev–Trinajstić information content (AvgIpc) is 3.25. The number of hydrogen-bond acceptors (Lipinski definition) is 6. The number of carbonyl (C=O) groups is 1. The molecule has 0 N–H and O–H groups in total. The molecule has 1 aliphatic carbocycles. The summed E-state index contributed by atoms with van der Waals surface area (Å²) >= 11 is 0. The molecule has 7 heteroatoms. The van der Waals surface area contributed by atoms with Crippen molar-refractivity contribution in [2.75, 3.05) is 26.2 Å². The smallest absolute Gasteiger partial charge is 0.237 e. The molecule has 0 saturated carbocycles. The molecule has 1 amide bonds. The van der Waals surface area contributed by atoms with Crippen LogP contribution in [-0.4, -0.2) is 58.2 Å². The summed E-state index contributed by atoms with van der Waals surface area (Å²) in [4.78, 5) is 17.2. The molecule has 30 heavy (non-hydrogen) atoms. The van der Waals surface area contributed by atoms with Gasteiger partial charge in [0.2, 0.25) is 5.91 Å². The summed E-state index contributed by atoms with van der Waals surface area (Å²) in [5, 5.41) is 16.8. The lowest BCUT2D eigenvalue weighted by molar-refractivity contribution is -0.138. The van der Waals surface area contributed by atoms with Crippen LogP contribution in [0.1, 0.15) is 28.7 Å². The number of nitriles is 1. The second kappa shape index (κ2) is 7.88. The molecule has 0 radical (unpaired) electrons. The SMILES string of the molecule is N#Cc1ccc2c(c1)CCC(N1CCN(CCc3ccc4nonc4c3)CC1=O)C2. The summed E-state index contributed by atoms with van der Waals surface area (Å²) in [6, 6.07) is 14.4. The maximum Gasteiger partial charge on any atom is 0.237 e. The Labute approximate surface area is 174 Å². The lowest BCUT2D eigenvalue weighted by Gasteiger charge is -2.41. The number of aryl methyl sites for hydroxylation is 1. The third-order valence-electron chi connectivity index (χ3n) is 6.35. The van der Waals surface area contributed by atoms with E-state index in [1.165, 1.54) is 16.7 Å². The predicted molar refractivity (Wildman–Crippen MR) is 111 cm³/mol. The molecule has 0 spiro atoms. The van der Waals surface area contributed by atoms with E-state index in [0.717, 1.165) is 61.9 Å². The second-order valence-electron chi connectivity index (χ2n) is 8.19. The number of rotatable bonds is 4. The molecule has 0 bridgehead atoms. The van der Waals surface area contributed by atoms with E-state index in [2.05, 4.69) is 32.2 Å². The van der Waals surface area contributed by atoms with E-state index < -0.39 is 0 Å². The summed E-state index contributed by atoms with van der Waals surface area (Å²) in [5.74, 6) is 0.222. The van der Waals surface area contributed by atoms with Crippen molar-refractivity contribution in [3.05, 3.63) is 58.7 Å². The van der Waals surface area contributed by atoms with Gasteiger partial charge in [-0.2, -0.15) is 5.26 Å². The van der Waals surface area contributed by atoms with Crippen LogP contribution in [0.3, 0.4) is 0 Å². The number of amides is 1. The lowest BCUT2D eigenvalue weighted by Crippen LogP contribution is -2.55. The maximum atomic E-state index is 12.9. The Kier molecular flexibility index (Phi) is 4.93. The van der Waals surface area contributed by atoms with Crippen LogP contribution in [0, 0.1) is 11.3 Å². The number of aromatic nitrogens is 2. The van der Waals surface area contributed by atoms with Crippen molar-refractivity contribution >= 4 is 16.9 Å². The first-order valence-corrected chi connectivity index (χ1v) is 10.4. The molecule has 1 aliphatic heterocycles. The Hall–Kier alpha value is -3.24. The van der Waals surface area contributed by atoms with Crippen molar-refractivity contribution < 1.29 is 9.42 Å². The van der Waals surface area contributed by atoms with Crippen molar-refractivity contribution in [1.82, 2.24) is 20.1 Å². The van der Waals surface area contributed by atoms with Crippen LogP contribution in [0.2, 0.25) is 0 Å². The highest BCUT2D eigenvalue weighted by Gasteiger charge is 2.31. The van der Waals surface area contributed by atoms with Crippen LogP contribution in [0.5, 0.6) is 0 Å². The highest BCUT2D eigenvalue weighted by molar-refractivity contribution is 5.79. The quantitative estimate of drug-likeness (QED) is 0.667. The van der Waals surface area contributed by atoms with Gasteiger partial charge < -0.3 is 4.90 Å². The fourth-order valence-corrected chi connectivity index (χ4v) is 4.65. The van der Waals surface area contributed by atoms with Crippen molar-refractivity contribution in [2.24, 2.45) is 0 Å². The van der Waals surface area contributed by atoms with Gasteiger partial charge in [0.25, 0.3) is 0 Å². The van der Waals surface area contributed by atoms with Crippen molar-refractivity contribution in [3.8, 4) is 6.07 Å². The molecule has 1 unspecified atom stereocenters. The molecule has 5 rings (SSSR count). The average molecular weight is 401 g/mol. The van der Waals surface area contributed by atoms with E-state index in [1.807, 2.05) is 30.3 Å². The Morgan fingerprint density at radius 3 is 2.87 bits per heavy atom. The largest absolute Gasteiger partial charge is 0.337 e. The third kappa shape index (κ3) is 3.66. The van der Waals surface area contributed by atoms with Gasteiger partial charge in [0.05, 0.1) is 18.2 Å². The van der Waals surface area contributed by atoms with Crippen molar-refractivity contribution in [1.29, 1.82) is 5.26 Å². The van der Waals surface area contributed by atoms with Crippen molar-refractivity contribution in [3.63, 3.8) is 0 Å². The van der Waals surface area contributed by atoms with Gasteiger partial charge in [0.15, 0.2) is 0 Å². The van der Waals surface area contributed by atoms with Gasteiger partial charge in [-0.1, -0.05) is 12.1 Å². The monoisotopic (exact) mass is 401 g/mol. The zero-order chi connectivity index (χ0) is 20.5. The minimum absolute atomic E-state index is 0.222. The number of piperazine rings is 1. The first-order valence-electron chi connectivity index (χ1n) is 10.4. The molecule has 152 valence electrons. The van der Waals surface area contributed by atoms with E-state index in [-0.39, 0.29) is 11.9 Å². The Bertz CT molecular complexity index is 1130. The van der Waals surface area contributed by atoms with Crippen molar-refractivity contribution in [2.45, 2.75) is 31.7 Å². The molecule has 1 atom stereocenters. The zero-order valence-electron chi connectivity index (χ0n) is 16.8. The highest BCUT2D eigenvalue weighted by atomic mass is 16.6. The van der Waals surface area contributed by atoms with Gasteiger partial charge in [-0.25, -0.2) is 4.63 Å². The first kappa shape index (κ1) is 18.8. The van der Waals surface area contributed by atoms with Gasteiger partial charge in [-0.15, -0.1) is 0 Å². The van der Waals surface area contributed by atoms with E-state index in [4.69, 9.17) is 9.89 Å². The molecule has 1 fully saturated rings. The minimum atomic E-state index is 0.222. The summed E-state index contributed by atoms with van der Waals surface area (Å²) in [7, 11) is 0. The molecule has 2 heterocycles. The predicted octanol–water partition coefficient (Wildman–Crippen LogP) is 2.34. The minimum Gasteiger partial charge on any atom is -0.337 e. The summed E-state index contributed by atoms with van der Waals surface area (Å²) in [6.45, 7) is 3.00. The highest BCUT2D eigenvalue weighted by Crippen LogP contribution is 2.26. The Morgan fingerprint density at radius 1 is 1.10 bits per heavy atom. The zero-order valence-corrected chi connectivity index (χ0v) is 16.8. The fourth-order valence-electron chi connectivity index (χ4n) is 4.65.